The molecule has 2 heterocycles. The second kappa shape index (κ2) is 3.77. The summed E-state index contributed by atoms with van der Waals surface area (Å²) in [5, 5.41) is 7.82. The van der Waals surface area contributed by atoms with Crippen LogP contribution in [0.3, 0.4) is 0 Å². The minimum Gasteiger partial charge on any atom is -0.431 e. The average molecular weight is 247 g/mol. The number of hydrogen-bond donors (Lipinski definition) is 2. The first-order valence-corrected chi connectivity index (χ1v) is 5.76. The van der Waals surface area contributed by atoms with Gasteiger partial charge < -0.3 is 10.2 Å². The first-order valence-electron chi connectivity index (χ1n) is 4.94. The van der Waals surface area contributed by atoms with E-state index >= 15 is 0 Å². The van der Waals surface area contributed by atoms with Crippen LogP contribution in [0.1, 0.15) is 5.82 Å². The molecule has 3 rings (SSSR count). The largest absolute Gasteiger partial charge is 0.431 e. The number of H-pyrrole nitrogens is 1. The maximum absolute atomic E-state index is 5.80. The predicted octanol–water partition coefficient (Wildman–Crippen LogP) is 1.99. The molecule has 7 heteroatoms. The zero-order chi connectivity index (χ0) is 11.8. The Labute approximate surface area is 101 Å². The van der Waals surface area contributed by atoms with Crippen LogP contribution in [0.5, 0.6) is 0 Å². The molecule has 17 heavy (non-hydrogen) atoms. The van der Waals surface area contributed by atoms with Crippen LogP contribution in [0, 0.1) is 6.92 Å². The van der Waals surface area contributed by atoms with E-state index in [1.165, 1.54) is 11.8 Å². The van der Waals surface area contributed by atoms with Gasteiger partial charge in [0.25, 0.3) is 5.22 Å². The lowest BCUT2D eigenvalue weighted by molar-refractivity contribution is 0.489. The van der Waals surface area contributed by atoms with Gasteiger partial charge in [-0.3, -0.25) is 5.10 Å². The number of benzene rings is 1. The molecule has 2 aromatic heterocycles. The third-order valence-electron chi connectivity index (χ3n) is 2.19. The van der Waals surface area contributed by atoms with Crippen LogP contribution in [0.15, 0.2) is 33.0 Å². The summed E-state index contributed by atoms with van der Waals surface area (Å²) in [6.45, 7) is 1.83. The highest BCUT2D eigenvalue weighted by atomic mass is 32.2. The van der Waals surface area contributed by atoms with E-state index in [4.69, 9.17) is 10.2 Å². The maximum atomic E-state index is 5.80. The van der Waals surface area contributed by atoms with Crippen molar-refractivity contribution in [3.63, 3.8) is 0 Å². The first-order chi connectivity index (χ1) is 8.22. The van der Waals surface area contributed by atoms with E-state index in [-0.39, 0.29) is 0 Å². The van der Waals surface area contributed by atoms with Gasteiger partial charge in [0.2, 0.25) is 5.16 Å². The summed E-state index contributed by atoms with van der Waals surface area (Å²) in [5.41, 5.74) is 7.73. The van der Waals surface area contributed by atoms with E-state index in [1.807, 2.05) is 19.1 Å². The molecular formula is C10H9N5OS. The molecule has 0 saturated carbocycles. The molecule has 0 radical (unpaired) electrons. The van der Waals surface area contributed by atoms with Crippen molar-refractivity contribution in [3.8, 4) is 0 Å². The second-order valence-electron chi connectivity index (χ2n) is 3.48. The van der Waals surface area contributed by atoms with Crippen LogP contribution in [0.2, 0.25) is 0 Å². The lowest BCUT2D eigenvalue weighted by atomic mass is 10.3. The topological polar surface area (TPSA) is 93.6 Å². The smallest absolute Gasteiger partial charge is 0.264 e. The molecule has 0 fully saturated rings. The highest BCUT2D eigenvalue weighted by molar-refractivity contribution is 7.98. The summed E-state index contributed by atoms with van der Waals surface area (Å²) < 4.78 is 5.54. The van der Waals surface area contributed by atoms with Crippen LogP contribution >= 0.6 is 11.8 Å². The number of rotatable bonds is 2. The third kappa shape index (κ3) is 1.84. The molecular weight excluding hydrogens is 238 g/mol. The molecule has 0 aliphatic heterocycles. The number of nitrogens with two attached hydrogens (primary N) is 1. The number of nitrogens with zero attached hydrogens (tertiary/aromatic N) is 3. The monoisotopic (exact) mass is 247 g/mol. The van der Waals surface area contributed by atoms with Crippen molar-refractivity contribution < 1.29 is 4.42 Å². The van der Waals surface area contributed by atoms with Crippen molar-refractivity contribution >= 4 is 28.5 Å². The summed E-state index contributed by atoms with van der Waals surface area (Å²) in [4.78, 5) is 8.46. The van der Waals surface area contributed by atoms with Crippen LogP contribution < -0.4 is 5.73 Å². The molecule has 0 unspecified atom stereocenters. The summed E-state index contributed by atoms with van der Waals surface area (Å²) in [6, 6.07) is 5.44. The van der Waals surface area contributed by atoms with Crippen molar-refractivity contribution in [2.45, 2.75) is 17.3 Å². The molecule has 86 valence electrons. The number of anilines is 1. The van der Waals surface area contributed by atoms with Gasteiger partial charge >= 0.3 is 0 Å². The molecule has 0 amide bonds. The molecule has 6 nitrogen and oxygen atoms in total. The Bertz CT molecular complexity index is 674. The molecule has 0 bridgehead atoms. The molecule has 1 aromatic carbocycles. The zero-order valence-corrected chi connectivity index (χ0v) is 9.78. The fourth-order valence-electron chi connectivity index (χ4n) is 1.44. The molecule has 0 aliphatic carbocycles. The van der Waals surface area contributed by atoms with E-state index in [0.29, 0.717) is 27.2 Å². The summed E-state index contributed by atoms with van der Waals surface area (Å²) >= 11 is 1.26. The predicted molar refractivity (Wildman–Crippen MR) is 63.7 cm³/mol. The number of nitrogens with one attached hydrogen (secondary N) is 1. The van der Waals surface area contributed by atoms with Crippen LogP contribution in [-0.2, 0) is 0 Å². The van der Waals surface area contributed by atoms with E-state index in [0.717, 1.165) is 5.82 Å². The number of aromatic amines is 1. The quantitative estimate of drug-likeness (QED) is 0.672. The van der Waals surface area contributed by atoms with E-state index in [1.54, 1.807) is 6.07 Å². The van der Waals surface area contributed by atoms with Gasteiger partial charge in [-0.1, -0.05) is 6.07 Å². The normalized spacial score (nSPS) is 11.1. The Balaban J connectivity index is 1.98. The molecule has 0 aliphatic rings. The maximum Gasteiger partial charge on any atom is 0.264 e. The second-order valence-corrected chi connectivity index (χ2v) is 4.40. The van der Waals surface area contributed by atoms with Gasteiger partial charge in [-0.15, -0.1) is 5.10 Å². The Morgan fingerprint density at radius 2 is 2.24 bits per heavy atom. The molecule has 0 spiro atoms. The number of nitrogen functional groups attached to an aromatic ring is 1. The number of aromatic nitrogens is 4. The number of hydrogen-bond acceptors (Lipinski definition) is 6. The zero-order valence-electron chi connectivity index (χ0n) is 8.97. The Morgan fingerprint density at radius 3 is 2.94 bits per heavy atom. The van der Waals surface area contributed by atoms with Crippen LogP contribution in [-0.4, -0.2) is 20.2 Å². The van der Waals surface area contributed by atoms with E-state index in [9.17, 15) is 0 Å². The Kier molecular flexibility index (Phi) is 2.25. The molecule has 0 saturated heterocycles. The van der Waals surface area contributed by atoms with E-state index in [2.05, 4.69) is 20.2 Å². The molecule has 0 atom stereocenters. The number of aryl methyl sites for hydroxylation is 1. The van der Waals surface area contributed by atoms with Gasteiger partial charge in [0.1, 0.15) is 11.3 Å². The molecule has 3 N–H and O–H groups in total. The van der Waals surface area contributed by atoms with Gasteiger partial charge in [-0.05, 0) is 19.1 Å². The minimum absolute atomic E-state index is 0.483. The van der Waals surface area contributed by atoms with Crippen molar-refractivity contribution in [1.29, 1.82) is 0 Å². The van der Waals surface area contributed by atoms with Gasteiger partial charge in [-0.2, -0.15) is 0 Å². The summed E-state index contributed by atoms with van der Waals surface area (Å²) in [5.74, 6) is 0.753. The highest BCUT2D eigenvalue weighted by Gasteiger charge is 2.11. The highest BCUT2D eigenvalue weighted by Crippen LogP contribution is 2.29. The molecule has 3 aromatic rings. The van der Waals surface area contributed by atoms with Crippen molar-refractivity contribution in [3.05, 3.63) is 24.0 Å². The number of fused-ring (bicyclic) bond motifs is 1. The number of oxazole rings is 1. The Hall–Kier alpha value is -2.02. The van der Waals surface area contributed by atoms with Crippen LogP contribution in [0.4, 0.5) is 5.69 Å². The fourth-order valence-corrected chi connectivity index (χ4v) is 2.14. The van der Waals surface area contributed by atoms with Crippen molar-refractivity contribution in [2.75, 3.05) is 5.73 Å². The summed E-state index contributed by atoms with van der Waals surface area (Å²) in [6.07, 6.45) is 0. The standard InChI is InChI=1S/C10H9N5OS/c1-5-12-9(15-14-5)17-10-13-8-6(11)3-2-4-7(8)16-10/h2-4H,11H2,1H3,(H,12,14,15). The Morgan fingerprint density at radius 1 is 1.35 bits per heavy atom. The minimum atomic E-state index is 0.483. The van der Waals surface area contributed by atoms with E-state index < -0.39 is 0 Å². The lowest BCUT2D eigenvalue weighted by Crippen LogP contribution is -1.84. The van der Waals surface area contributed by atoms with Gasteiger partial charge in [0, 0.05) is 11.8 Å². The van der Waals surface area contributed by atoms with Gasteiger partial charge in [0.15, 0.2) is 5.58 Å². The van der Waals surface area contributed by atoms with Crippen molar-refractivity contribution in [1.82, 2.24) is 20.2 Å². The first kappa shape index (κ1) is 10.2. The average Bonchev–Trinajstić information content (AvgIpc) is 2.86. The van der Waals surface area contributed by atoms with Crippen LogP contribution in [0.25, 0.3) is 11.1 Å². The fraction of sp³-hybridized carbons (Fsp3) is 0.100. The summed E-state index contributed by atoms with van der Waals surface area (Å²) in [7, 11) is 0. The SMILES string of the molecule is Cc1nc(Sc2nc3c(N)cccc3o2)n[nH]1. The lowest BCUT2D eigenvalue weighted by Gasteiger charge is -1.89. The van der Waals surface area contributed by atoms with Gasteiger partial charge in [0.05, 0.1) is 5.69 Å². The third-order valence-corrected chi connectivity index (χ3v) is 2.90. The van der Waals surface area contributed by atoms with Crippen molar-refractivity contribution in [2.24, 2.45) is 0 Å². The number of para-hydroxylation sites is 1. The van der Waals surface area contributed by atoms with Gasteiger partial charge in [-0.25, -0.2) is 9.97 Å².